The first-order valence-corrected chi connectivity index (χ1v) is 9.17. The number of rotatable bonds is 6. The van der Waals surface area contributed by atoms with E-state index in [1.807, 2.05) is 32.0 Å². The summed E-state index contributed by atoms with van der Waals surface area (Å²) in [6.07, 6.45) is 5.97. The quantitative estimate of drug-likeness (QED) is 0.792. The van der Waals surface area contributed by atoms with Gasteiger partial charge in [0.1, 0.15) is 0 Å². The fourth-order valence-corrected chi connectivity index (χ4v) is 3.59. The van der Waals surface area contributed by atoms with Gasteiger partial charge in [0.25, 0.3) is 0 Å². The van der Waals surface area contributed by atoms with Crippen LogP contribution in [0.1, 0.15) is 49.7 Å². The number of amides is 2. The van der Waals surface area contributed by atoms with E-state index < -0.39 is 0 Å². The maximum Gasteiger partial charge on any atom is 0.243 e. The Morgan fingerprint density at radius 3 is 2.46 bits per heavy atom. The Labute approximate surface area is 163 Å². The lowest BCUT2D eigenvalue weighted by atomic mass is 9.71. The van der Waals surface area contributed by atoms with E-state index in [2.05, 4.69) is 5.32 Å². The predicted molar refractivity (Wildman–Crippen MR) is 109 cm³/mol. The molecular weight excluding hydrogens is 350 g/mol. The van der Waals surface area contributed by atoms with Crippen LogP contribution in [-0.4, -0.2) is 36.9 Å². The second-order valence-electron chi connectivity index (χ2n) is 7.49. The van der Waals surface area contributed by atoms with Gasteiger partial charge in [-0.1, -0.05) is 31.4 Å². The molecule has 2 rings (SSSR count). The Kier molecular flexibility index (Phi) is 8.57. The van der Waals surface area contributed by atoms with Crippen LogP contribution >= 0.6 is 12.4 Å². The number of anilines is 1. The number of nitrogens with zero attached hydrogens (tertiary/aromatic N) is 1. The van der Waals surface area contributed by atoms with Crippen LogP contribution in [0.3, 0.4) is 0 Å². The highest BCUT2D eigenvalue weighted by molar-refractivity contribution is 5.95. The molecule has 3 N–H and O–H groups in total. The Balaban J connectivity index is 0.00000338. The number of nitrogens with one attached hydrogen (secondary N) is 1. The van der Waals surface area contributed by atoms with E-state index in [0.29, 0.717) is 13.0 Å². The molecular formula is C20H32ClN3O2. The van der Waals surface area contributed by atoms with Gasteiger partial charge in [0.05, 0.1) is 6.54 Å². The van der Waals surface area contributed by atoms with E-state index in [1.165, 1.54) is 11.3 Å². The molecule has 0 unspecified atom stereocenters. The Morgan fingerprint density at radius 1 is 1.19 bits per heavy atom. The van der Waals surface area contributed by atoms with Crippen molar-refractivity contribution in [3.63, 3.8) is 0 Å². The molecule has 146 valence electrons. The van der Waals surface area contributed by atoms with Gasteiger partial charge < -0.3 is 16.0 Å². The highest BCUT2D eigenvalue weighted by atomic mass is 35.5. The van der Waals surface area contributed by atoms with Crippen molar-refractivity contribution in [2.45, 2.75) is 52.4 Å². The molecule has 0 bridgehead atoms. The van der Waals surface area contributed by atoms with Gasteiger partial charge in [0, 0.05) is 19.2 Å². The maximum absolute atomic E-state index is 12.6. The normalized spacial score (nSPS) is 15.7. The van der Waals surface area contributed by atoms with Crippen molar-refractivity contribution < 1.29 is 9.59 Å². The lowest BCUT2D eigenvalue weighted by Gasteiger charge is -2.36. The number of carbonyl (C=O) groups excluding carboxylic acids is 2. The van der Waals surface area contributed by atoms with Crippen molar-refractivity contribution in [2.24, 2.45) is 11.1 Å². The summed E-state index contributed by atoms with van der Waals surface area (Å²) in [5.41, 5.74) is 8.88. The summed E-state index contributed by atoms with van der Waals surface area (Å²) < 4.78 is 0. The minimum absolute atomic E-state index is 0. The highest BCUT2D eigenvalue weighted by Gasteiger charge is 2.34. The van der Waals surface area contributed by atoms with Gasteiger partial charge in [-0.3, -0.25) is 9.59 Å². The molecule has 1 saturated carbocycles. The smallest absolute Gasteiger partial charge is 0.243 e. The first-order chi connectivity index (χ1) is 11.9. The van der Waals surface area contributed by atoms with Gasteiger partial charge in [-0.25, -0.2) is 0 Å². The summed E-state index contributed by atoms with van der Waals surface area (Å²) in [4.78, 5) is 26.4. The number of carbonyl (C=O) groups is 2. The molecule has 6 heteroatoms. The minimum atomic E-state index is -0.171. The zero-order valence-corrected chi connectivity index (χ0v) is 17.0. The van der Waals surface area contributed by atoms with Gasteiger partial charge in [0.2, 0.25) is 11.8 Å². The van der Waals surface area contributed by atoms with Crippen LogP contribution in [0.5, 0.6) is 0 Å². The molecule has 1 aromatic carbocycles. The second kappa shape index (κ2) is 9.93. The summed E-state index contributed by atoms with van der Waals surface area (Å²) in [5, 5.41) is 2.91. The molecule has 1 fully saturated rings. The van der Waals surface area contributed by atoms with E-state index >= 15 is 0 Å². The van der Waals surface area contributed by atoms with Crippen LogP contribution in [0.15, 0.2) is 18.2 Å². The Hall–Kier alpha value is -1.59. The monoisotopic (exact) mass is 381 g/mol. The summed E-state index contributed by atoms with van der Waals surface area (Å²) >= 11 is 0. The number of likely N-dealkylation sites (N-methyl/N-ethyl adjacent to an activating group) is 1. The van der Waals surface area contributed by atoms with Crippen LogP contribution in [0, 0.1) is 19.3 Å². The first kappa shape index (κ1) is 22.5. The van der Waals surface area contributed by atoms with E-state index in [4.69, 9.17) is 5.73 Å². The van der Waals surface area contributed by atoms with Crippen LogP contribution in [0.4, 0.5) is 5.69 Å². The fourth-order valence-electron chi connectivity index (χ4n) is 3.59. The third-order valence-electron chi connectivity index (χ3n) is 5.56. The molecule has 1 aliphatic rings. The van der Waals surface area contributed by atoms with E-state index in [1.54, 1.807) is 7.05 Å². The molecule has 2 amide bonds. The van der Waals surface area contributed by atoms with Crippen LogP contribution < -0.4 is 11.1 Å². The standard InChI is InChI=1S/C20H31N3O2.ClH/c1-15-8-7-9-17(16(15)2)22-18(24)13-23(3)19(25)12-20(14-21)10-5-4-6-11-20;/h7-9H,4-6,10-14,21H2,1-3H3,(H,22,24);1H. The van der Waals surface area contributed by atoms with Crippen molar-refractivity contribution in [3.8, 4) is 0 Å². The summed E-state index contributed by atoms with van der Waals surface area (Å²) in [6, 6.07) is 5.81. The third kappa shape index (κ3) is 5.71. The van der Waals surface area contributed by atoms with Gasteiger partial charge in [0.15, 0.2) is 0 Å². The molecule has 0 aromatic heterocycles. The zero-order chi connectivity index (χ0) is 18.4. The first-order valence-electron chi connectivity index (χ1n) is 9.17. The van der Waals surface area contributed by atoms with Crippen LogP contribution in [0.25, 0.3) is 0 Å². The molecule has 5 nitrogen and oxygen atoms in total. The Morgan fingerprint density at radius 2 is 1.85 bits per heavy atom. The minimum Gasteiger partial charge on any atom is -0.336 e. The van der Waals surface area contributed by atoms with Crippen LogP contribution in [0.2, 0.25) is 0 Å². The van der Waals surface area contributed by atoms with Gasteiger partial charge in [-0.15, -0.1) is 12.4 Å². The number of hydrogen-bond acceptors (Lipinski definition) is 3. The molecule has 0 spiro atoms. The van der Waals surface area contributed by atoms with Gasteiger partial charge in [-0.05, 0) is 55.8 Å². The molecule has 0 radical (unpaired) electrons. The molecule has 0 saturated heterocycles. The molecule has 0 aliphatic heterocycles. The van der Waals surface area contributed by atoms with E-state index in [-0.39, 0.29) is 36.2 Å². The number of halogens is 1. The van der Waals surface area contributed by atoms with Crippen molar-refractivity contribution in [3.05, 3.63) is 29.3 Å². The largest absolute Gasteiger partial charge is 0.336 e. The molecule has 0 atom stereocenters. The number of nitrogens with two attached hydrogens (primary N) is 1. The average molecular weight is 382 g/mol. The SMILES string of the molecule is Cc1cccc(NC(=O)CN(C)C(=O)CC2(CN)CCCCC2)c1C.Cl. The van der Waals surface area contributed by atoms with Crippen molar-refractivity contribution in [1.29, 1.82) is 0 Å². The van der Waals surface area contributed by atoms with Gasteiger partial charge >= 0.3 is 0 Å². The van der Waals surface area contributed by atoms with Gasteiger partial charge in [-0.2, -0.15) is 0 Å². The fraction of sp³-hybridized carbons (Fsp3) is 0.600. The Bertz CT molecular complexity index is 627. The number of hydrogen-bond donors (Lipinski definition) is 2. The topological polar surface area (TPSA) is 75.4 Å². The lowest BCUT2D eigenvalue weighted by Crippen LogP contribution is -2.41. The van der Waals surface area contributed by atoms with Crippen molar-refractivity contribution in [1.82, 2.24) is 4.90 Å². The number of benzene rings is 1. The van der Waals surface area contributed by atoms with Crippen molar-refractivity contribution in [2.75, 3.05) is 25.5 Å². The van der Waals surface area contributed by atoms with Crippen LogP contribution in [-0.2, 0) is 9.59 Å². The van der Waals surface area contributed by atoms with Crippen molar-refractivity contribution >= 4 is 29.9 Å². The second-order valence-corrected chi connectivity index (χ2v) is 7.49. The summed E-state index contributed by atoms with van der Waals surface area (Å²) in [6.45, 7) is 4.60. The molecule has 0 heterocycles. The lowest BCUT2D eigenvalue weighted by molar-refractivity contribution is -0.135. The predicted octanol–water partition coefficient (Wildman–Crippen LogP) is 3.42. The summed E-state index contributed by atoms with van der Waals surface area (Å²) in [5.74, 6) is -0.168. The summed E-state index contributed by atoms with van der Waals surface area (Å²) in [7, 11) is 1.69. The molecule has 26 heavy (non-hydrogen) atoms. The molecule has 1 aromatic rings. The average Bonchev–Trinajstić information content (AvgIpc) is 2.59. The third-order valence-corrected chi connectivity index (χ3v) is 5.56. The van der Waals surface area contributed by atoms with E-state index in [9.17, 15) is 9.59 Å². The van der Waals surface area contributed by atoms with E-state index in [0.717, 1.165) is 42.5 Å². The maximum atomic E-state index is 12.6. The number of aryl methyl sites for hydroxylation is 1. The highest BCUT2D eigenvalue weighted by Crippen LogP contribution is 2.38. The molecule has 1 aliphatic carbocycles. The zero-order valence-electron chi connectivity index (χ0n) is 16.1.